The van der Waals surface area contributed by atoms with Gasteiger partial charge in [-0.25, -0.2) is 0 Å². The van der Waals surface area contributed by atoms with Gasteiger partial charge in [0, 0.05) is 30.7 Å². The first-order valence-corrected chi connectivity index (χ1v) is 10.4. The fourth-order valence-electron chi connectivity index (χ4n) is 3.52. The molecule has 3 rings (SSSR count). The van der Waals surface area contributed by atoms with Gasteiger partial charge in [-0.1, -0.05) is 33.3 Å². The maximum absolute atomic E-state index is 12.7. The Labute approximate surface area is 178 Å². The SMILES string of the molecule is C=CCN(C)CC1CCN(C(=O)Cn2c(=O)sc3ccc(Br)cc32)CC1.Cl. The van der Waals surface area contributed by atoms with Crippen molar-refractivity contribution in [3.63, 3.8) is 0 Å². The van der Waals surface area contributed by atoms with E-state index in [4.69, 9.17) is 0 Å². The standard InChI is InChI=1S/C19H24BrN3O2S.ClH/c1-3-8-21(2)12-14-6-9-22(10-7-14)18(24)13-23-16-11-15(20)4-5-17(16)26-19(23)25;/h3-5,11,14H,1,6-10,12-13H2,2H3;1H. The third-order valence-corrected chi connectivity index (χ3v) is 6.35. The number of likely N-dealkylation sites (tertiary alicyclic amines) is 1. The van der Waals surface area contributed by atoms with Crippen molar-refractivity contribution >= 4 is 55.8 Å². The van der Waals surface area contributed by atoms with Crippen LogP contribution in [0.2, 0.25) is 0 Å². The van der Waals surface area contributed by atoms with E-state index in [0.717, 1.165) is 53.7 Å². The van der Waals surface area contributed by atoms with Crippen molar-refractivity contribution in [3.8, 4) is 0 Å². The molecule has 2 heterocycles. The largest absolute Gasteiger partial charge is 0.341 e. The number of hydrogen-bond donors (Lipinski definition) is 0. The quantitative estimate of drug-likeness (QED) is 0.601. The van der Waals surface area contributed by atoms with Gasteiger partial charge in [-0.15, -0.1) is 19.0 Å². The Morgan fingerprint density at radius 1 is 1.41 bits per heavy atom. The molecule has 27 heavy (non-hydrogen) atoms. The third-order valence-electron chi connectivity index (χ3n) is 4.90. The van der Waals surface area contributed by atoms with Crippen LogP contribution in [0.3, 0.4) is 0 Å². The number of rotatable bonds is 6. The Morgan fingerprint density at radius 2 is 2.11 bits per heavy atom. The van der Waals surface area contributed by atoms with Crippen molar-refractivity contribution in [2.45, 2.75) is 19.4 Å². The van der Waals surface area contributed by atoms with Crippen LogP contribution in [0, 0.1) is 5.92 Å². The molecule has 1 aromatic heterocycles. The maximum Gasteiger partial charge on any atom is 0.308 e. The fourth-order valence-corrected chi connectivity index (χ4v) is 4.74. The lowest BCUT2D eigenvalue weighted by Crippen LogP contribution is -2.43. The molecule has 5 nitrogen and oxygen atoms in total. The lowest BCUT2D eigenvalue weighted by Gasteiger charge is -2.33. The third kappa shape index (κ3) is 5.44. The van der Waals surface area contributed by atoms with Crippen LogP contribution in [0.15, 0.2) is 40.1 Å². The summed E-state index contributed by atoms with van der Waals surface area (Å²) in [4.78, 5) is 29.1. The molecule has 0 aliphatic carbocycles. The smallest absolute Gasteiger partial charge is 0.308 e. The lowest BCUT2D eigenvalue weighted by molar-refractivity contribution is -0.133. The van der Waals surface area contributed by atoms with E-state index in [1.54, 1.807) is 4.57 Å². The number of amides is 1. The molecule has 1 fully saturated rings. The lowest BCUT2D eigenvalue weighted by atomic mass is 9.96. The Bertz CT molecular complexity index is 858. The van der Waals surface area contributed by atoms with E-state index in [9.17, 15) is 9.59 Å². The number of aromatic nitrogens is 1. The highest BCUT2D eigenvalue weighted by Crippen LogP contribution is 2.23. The van der Waals surface area contributed by atoms with E-state index in [-0.39, 0.29) is 29.7 Å². The van der Waals surface area contributed by atoms with Gasteiger partial charge in [-0.3, -0.25) is 14.2 Å². The number of fused-ring (bicyclic) bond motifs is 1. The number of hydrogen-bond acceptors (Lipinski definition) is 4. The predicted molar refractivity (Wildman–Crippen MR) is 118 cm³/mol. The highest BCUT2D eigenvalue weighted by atomic mass is 79.9. The van der Waals surface area contributed by atoms with Gasteiger partial charge in [0.25, 0.3) is 0 Å². The molecule has 0 bridgehead atoms. The van der Waals surface area contributed by atoms with Crippen LogP contribution in [-0.4, -0.2) is 53.5 Å². The molecule has 1 amide bonds. The van der Waals surface area contributed by atoms with Gasteiger partial charge < -0.3 is 9.80 Å². The zero-order chi connectivity index (χ0) is 18.7. The second-order valence-electron chi connectivity index (χ2n) is 6.90. The molecule has 2 aromatic rings. The van der Waals surface area contributed by atoms with Gasteiger partial charge in [-0.05, 0) is 44.0 Å². The van der Waals surface area contributed by atoms with Gasteiger partial charge in [0.1, 0.15) is 6.54 Å². The van der Waals surface area contributed by atoms with Crippen LogP contribution in [0.1, 0.15) is 12.8 Å². The van der Waals surface area contributed by atoms with E-state index in [1.807, 2.05) is 29.2 Å². The van der Waals surface area contributed by atoms with Crippen LogP contribution in [-0.2, 0) is 11.3 Å². The topological polar surface area (TPSA) is 45.5 Å². The number of benzene rings is 1. The fraction of sp³-hybridized carbons (Fsp3) is 0.474. The Hall–Kier alpha value is -1.15. The Kier molecular flexibility index (Phi) is 8.09. The van der Waals surface area contributed by atoms with Gasteiger partial charge in [0.2, 0.25) is 5.91 Å². The molecule has 148 valence electrons. The van der Waals surface area contributed by atoms with Gasteiger partial charge >= 0.3 is 4.87 Å². The summed E-state index contributed by atoms with van der Waals surface area (Å²) in [6, 6.07) is 5.73. The molecule has 0 N–H and O–H groups in total. The normalized spacial score (nSPS) is 15.1. The van der Waals surface area contributed by atoms with Crippen LogP contribution in [0.4, 0.5) is 0 Å². The van der Waals surface area contributed by atoms with Crippen molar-refractivity contribution in [1.29, 1.82) is 0 Å². The van der Waals surface area contributed by atoms with Crippen molar-refractivity contribution in [2.24, 2.45) is 5.92 Å². The van der Waals surface area contributed by atoms with Crippen molar-refractivity contribution in [1.82, 2.24) is 14.4 Å². The average Bonchev–Trinajstić information content (AvgIpc) is 2.91. The Balaban J connectivity index is 0.00000261. The molecular weight excluding hydrogens is 450 g/mol. The van der Waals surface area contributed by atoms with Crippen molar-refractivity contribution in [3.05, 3.63) is 45.0 Å². The summed E-state index contributed by atoms with van der Waals surface area (Å²) in [5.74, 6) is 0.648. The van der Waals surface area contributed by atoms with Crippen LogP contribution < -0.4 is 4.87 Å². The number of nitrogens with zero attached hydrogens (tertiary/aromatic N) is 3. The summed E-state index contributed by atoms with van der Waals surface area (Å²) < 4.78 is 3.42. The summed E-state index contributed by atoms with van der Waals surface area (Å²) in [5, 5.41) is 0. The molecule has 0 spiro atoms. The number of carbonyl (C=O) groups excluding carboxylic acids is 1. The molecular formula is C19H25BrClN3O2S. The molecule has 1 aliphatic rings. The van der Waals surface area contributed by atoms with Gasteiger partial charge in [0.15, 0.2) is 0 Å². The van der Waals surface area contributed by atoms with E-state index in [0.29, 0.717) is 5.92 Å². The van der Waals surface area contributed by atoms with Crippen molar-refractivity contribution in [2.75, 3.05) is 33.2 Å². The van der Waals surface area contributed by atoms with Gasteiger partial charge in [0.05, 0.1) is 10.2 Å². The van der Waals surface area contributed by atoms with Crippen LogP contribution >= 0.6 is 39.7 Å². The Morgan fingerprint density at radius 3 is 2.78 bits per heavy atom. The second kappa shape index (κ2) is 9.87. The second-order valence-corrected chi connectivity index (χ2v) is 8.81. The first-order chi connectivity index (χ1) is 12.5. The molecule has 0 atom stereocenters. The summed E-state index contributed by atoms with van der Waals surface area (Å²) in [6.45, 7) is 7.37. The zero-order valence-corrected chi connectivity index (χ0v) is 18.6. The molecule has 1 saturated heterocycles. The highest BCUT2D eigenvalue weighted by Gasteiger charge is 2.24. The summed E-state index contributed by atoms with van der Waals surface area (Å²) in [5.41, 5.74) is 0.823. The minimum Gasteiger partial charge on any atom is -0.341 e. The number of likely N-dealkylation sites (N-methyl/N-ethyl adjacent to an activating group) is 1. The van der Waals surface area contributed by atoms with Crippen molar-refractivity contribution < 1.29 is 4.79 Å². The number of thiazole rings is 1. The monoisotopic (exact) mass is 473 g/mol. The van der Waals surface area contributed by atoms with E-state index < -0.39 is 0 Å². The predicted octanol–water partition coefficient (Wildman–Crippen LogP) is 3.60. The molecule has 0 unspecified atom stereocenters. The molecule has 8 heteroatoms. The summed E-state index contributed by atoms with van der Waals surface area (Å²) in [6.07, 6.45) is 3.94. The first kappa shape index (κ1) is 22.1. The summed E-state index contributed by atoms with van der Waals surface area (Å²) in [7, 11) is 2.10. The van der Waals surface area contributed by atoms with E-state index >= 15 is 0 Å². The number of carbonyl (C=O) groups is 1. The van der Waals surface area contributed by atoms with Crippen LogP contribution in [0.5, 0.6) is 0 Å². The summed E-state index contributed by atoms with van der Waals surface area (Å²) >= 11 is 4.63. The minimum atomic E-state index is -0.0765. The highest BCUT2D eigenvalue weighted by molar-refractivity contribution is 9.10. The maximum atomic E-state index is 12.7. The van der Waals surface area contributed by atoms with E-state index in [1.165, 1.54) is 11.3 Å². The first-order valence-electron chi connectivity index (χ1n) is 8.84. The van der Waals surface area contributed by atoms with Crippen LogP contribution in [0.25, 0.3) is 10.2 Å². The number of piperidine rings is 1. The van der Waals surface area contributed by atoms with Gasteiger partial charge in [-0.2, -0.15) is 0 Å². The average molecular weight is 475 g/mol. The molecule has 0 saturated carbocycles. The molecule has 0 radical (unpaired) electrons. The minimum absolute atomic E-state index is 0. The molecule has 1 aromatic carbocycles. The zero-order valence-electron chi connectivity index (χ0n) is 15.4. The molecule has 1 aliphatic heterocycles. The van der Waals surface area contributed by atoms with E-state index in [2.05, 4.69) is 34.5 Å². The number of halogens is 2.